The molecule has 0 saturated carbocycles. The first-order chi connectivity index (χ1) is 9.11. The molecule has 1 aliphatic rings. The van der Waals surface area contributed by atoms with E-state index in [2.05, 4.69) is 15.9 Å². The van der Waals surface area contributed by atoms with Gasteiger partial charge in [0.15, 0.2) is 5.78 Å². The third-order valence-corrected chi connectivity index (χ3v) is 5.04. The predicted molar refractivity (Wildman–Crippen MR) is 78.5 cm³/mol. The van der Waals surface area contributed by atoms with E-state index < -0.39 is 0 Å². The quantitative estimate of drug-likeness (QED) is 0.749. The molecule has 0 amide bonds. The van der Waals surface area contributed by atoms with Gasteiger partial charge < -0.3 is 0 Å². The van der Waals surface area contributed by atoms with Crippen LogP contribution in [0.3, 0.4) is 0 Å². The number of hydrogen-bond acceptors (Lipinski definition) is 2. The van der Waals surface area contributed by atoms with Crippen LogP contribution in [0.2, 0.25) is 0 Å². The van der Waals surface area contributed by atoms with Crippen molar-refractivity contribution in [1.29, 1.82) is 0 Å². The first-order valence-electron chi connectivity index (χ1n) is 6.21. The number of thiophene rings is 1. The average molecular weight is 339 g/mol. The highest BCUT2D eigenvalue weighted by molar-refractivity contribution is 9.10. The predicted octanol–water partition coefficient (Wildman–Crippen LogP) is 4.56. The molecule has 0 N–H and O–H groups in total. The molecule has 0 fully saturated rings. The number of halogens is 2. The largest absolute Gasteiger partial charge is 0.293 e. The zero-order chi connectivity index (χ0) is 13.4. The molecule has 0 bridgehead atoms. The second-order valence-electron chi connectivity index (χ2n) is 4.79. The number of aryl methyl sites for hydroxylation is 2. The van der Waals surface area contributed by atoms with Crippen molar-refractivity contribution in [2.45, 2.75) is 25.7 Å². The molecule has 0 atom stereocenters. The van der Waals surface area contributed by atoms with Crippen LogP contribution in [0.15, 0.2) is 28.7 Å². The fourth-order valence-corrected chi connectivity index (χ4v) is 4.16. The Labute approximate surface area is 123 Å². The van der Waals surface area contributed by atoms with Crippen LogP contribution >= 0.6 is 27.3 Å². The summed E-state index contributed by atoms with van der Waals surface area (Å²) in [7, 11) is 0. The third kappa shape index (κ3) is 2.79. The van der Waals surface area contributed by atoms with Crippen LogP contribution in [-0.4, -0.2) is 5.78 Å². The molecule has 4 heteroatoms. The topological polar surface area (TPSA) is 17.1 Å². The number of rotatable bonds is 3. The number of hydrogen-bond donors (Lipinski definition) is 0. The molecule has 2 aromatic rings. The second kappa shape index (κ2) is 5.17. The van der Waals surface area contributed by atoms with Gasteiger partial charge in [-0.3, -0.25) is 4.79 Å². The van der Waals surface area contributed by atoms with Gasteiger partial charge in [0.25, 0.3) is 0 Å². The molecule has 1 aliphatic carbocycles. The lowest BCUT2D eigenvalue weighted by Gasteiger charge is -2.01. The maximum absolute atomic E-state index is 13.3. The van der Waals surface area contributed by atoms with Crippen molar-refractivity contribution in [2.75, 3.05) is 0 Å². The molecule has 0 aliphatic heterocycles. The summed E-state index contributed by atoms with van der Waals surface area (Å²) in [6, 6.07) is 6.63. The molecule has 1 nitrogen and oxygen atoms in total. The Hall–Kier alpha value is -1.00. The van der Waals surface area contributed by atoms with Gasteiger partial charge >= 0.3 is 0 Å². The van der Waals surface area contributed by atoms with E-state index in [0.717, 1.165) is 17.7 Å². The summed E-state index contributed by atoms with van der Waals surface area (Å²) < 4.78 is 13.9. The number of carbonyl (C=O) groups excluding carboxylic acids is 1. The summed E-state index contributed by atoms with van der Waals surface area (Å²) in [5.74, 6) is -0.234. The van der Waals surface area contributed by atoms with E-state index in [-0.39, 0.29) is 18.0 Å². The Balaban J connectivity index is 1.80. The van der Waals surface area contributed by atoms with Crippen molar-refractivity contribution in [3.63, 3.8) is 0 Å². The number of Topliss-reactive ketones (excluding diaryl/α,β-unsaturated/α-hetero) is 1. The lowest BCUT2D eigenvalue weighted by molar-refractivity contribution is 0.0996. The maximum Gasteiger partial charge on any atom is 0.177 e. The van der Waals surface area contributed by atoms with Crippen LogP contribution in [0.5, 0.6) is 0 Å². The molecule has 0 spiro atoms. The fourth-order valence-electron chi connectivity index (χ4n) is 2.45. The normalized spacial score (nSPS) is 13.6. The summed E-state index contributed by atoms with van der Waals surface area (Å²) in [4.78, 5) is 14.4. The first-order valence-corrected chi connectivity index (χ1v) is 7.82. The Morgan fingerprint density at radius 2 is 2.11 bits per heavy atom. The summed E-state index contributed by atoms with van der Waals surface area (Å²) >= 11 is 4.85. The lowest BCUT2D eigenvalue weighted by atomic mass is 10.1. The SMILES string of the molecule is O=C(Cc1cc(F)cc(Br)c1)c1cc2c(s1)CCC2. The monoisotopic (exact) mass is 338 g/mol. The first kappa shape index (κ1) is 13.0. The lowest BCUT2D eigenvalue weighted by Crippen LogP contribution is -2.01. The zero-order valence-electron chi connectivity index (χ0n) is 10.2. The molecule has 1 heterocycles. The fraction of sp³-hybridized carbons (Fsp3) is 0.267. The van der Waals surface area contributed by atoms with Crippen molar-refractivity contribution in [3.8, 4) is 0 Å². The molecular weight excluding hydrogens is 327 g/mol. The summed E-state index contributed by atoms with van der Waals surface area (Å²) in [5, 5.41) is 0. The van der Waals surface area contributed by atoms with E-state index in [4.69, 9.17) is 0 Å². The van der Waals surface area contributed by atoms with Gasteiger partial charge in [0.05, 0.1) is 4.88 Å². The molecule has 0 unspecified atom stereocenters. The maximum atomic E-state index is 13.3. The summed E-state index contributed by atoms with van der Waals surface area (Å²) in [6.07, 6.45) is 3.64. The van der Waals surface area contributed by atoms with Crippen molar-refractivity contribution < 1.29 is 9.18 Å². The Morgan fingerprint density at radius 3 is 2.84 bits per heavy atom. The highest BCUT2D eigenvalue weighted by atomic mass is 79.9. The van der Waals surface area contributed by atoms with Crippen molar-refractivity contribution >= 4 is 33.0 Å². The van der Waals surface area contributed by atoms with E-state index in [1.54, 1.807) is 17.4 Å². The number of ketones is 1. The Morgan fingerprint density at radius 1 is 1.26 bits per heavy atom. The molecule has 3 rings (SSSR count). The van der Waals surface area contributed by atoms with E-state index in [0.29, 0.717) is 10.0 Å². The molecule has 0 saturated heterocycles. The van der Waals surface area contributed by atoms with Crippen LogP contribution in [0, 0.1) is 5.82 Å². The third-order valence-electron chi connectivity index (χ3n) is 3.31. The van der Waals surface area contributed by atoms with E-state index in [9.17, 15) is 9.18 Å². The van der Waals surface area contributed by atoms with Crippen LogP contribution in [0.4, 0.5) is 4.39 Å². The number of benzene rings is 1. The second-order valence-corrected chi connectivity index (χ2v) is 6.84. The summed E-state index contributed by atoms with van der Waals surface area (Å²) in [5.41, 5.74) is 2.04. The van der Waals surface area contributed by atoms with Crippen LogP contribution in [-0.2, 0) is 19.3 Å². The number of fused-ring (bicyclic) bond motifs is 1. The Bertz CT molecular complexity index is 606. The van der Waals surface area contributed by atoms with Gasteiger partial charge in [0.1, 0.15) is 5.82 Å². The minimum atomic E-state index is -0.314. The van der Waals surface area contributed by atoms with Crippen LogP contribution in [0.25, 0.3) is 0 Å². The zero-order valence-corrected chi connectivity index (χ0v) is 12.6. The van der Waals surface area contributed by atoms with Crippen LogP contribution < -0.4 is 0 Å². The highest BCUT2D eigenvalue weighted by Gasteiger charge is 2.18. The van der Waals surface area contributed by atoms with Gasteiger partial charge in [-0.2, -0.15) is 0 Å². The minimum absolute atomic E-state index is 0.0805. The van der Waals surface area contributed by atoms with Crippen molar-refractivity contribution in [1.82, 2.24) is 0 Å². The van der Waals surface area contributed by atoms with Crippen molar-refractivity contribution in [3.05, 3.63) is 55.4 Å². The van der Waals surface area contributed by atoms with Crippen LogP contribution in [0.1, 0.15) is 32.1 Å². The number of carbonyl (C=O) groups is 1. The van der Waals surface area contributed by atoms with Gasteiger partial charge in [-0.25, -0.2) is 4.39 Å². The smallest absolute Gasteiger partial charge is 0.177 e. The Kier molecular flexibility index (Phi) is 3.54. The van der Waals surface area contributed by atoms with E-state index >= 15 is 0 Å². The average Bonchev–Trinajstić information content (AvgIpc) is 2.86. The molecule has 98 valence electrons. The molecule has 1 aromatic heterocycles. The molecule has 1 aromatic carbocycles. The highest BCUT2D eigenvalue weighted by Crippen LogP contribution is 2.31. The van der Waals surface area contributed by atoms with E-state index in [1.165, 1.54) is 29.0 Å². The van der Waals surface area contributed by atoms with Gasteiger partial charge in [-0.15, -0.1) is 11.3 Å². The molecule has 19 heavy (non-hydrogen) atoms. The van der Waals surface area contributed by atoms with Gasteiger partial charge in [-0.1, -0.05) is 15.9 Å². The molecule has 0 radical (unpaired) electrons. The van der Waals surface area contributed by atoms with Crippen molar-refractivity contribution in [2.24, 2.45) is 0 Å². The van der Waals surface area contributed by atoms with Gasteiger partial charge in [0.2, 0.25) is 0 Å². The van der Waals surface area contributed by atoms with Gasteiger partial charge in [-0.05, 0) is 54.7 Å². The standard InChI is InChI=1S/C15H12BrFOS/c16-11-4-9(5-12(17)8-11)6-13(18)15-7-10-2-1-3-14(10)19-15/h4-5,7-8H,1-3,6H2. The van der Waals surface area contributed by atoms with Gasteiger partial charge in [0, 0.05) is 15.8 Å². The minimum Gasteiger partial charge on any atom is -0.293 e. The summed E-state index contributed by atoms with van der Waals surface area (Å²) in [6.45, 7) is 0. The molecular formula is C15H12BrFOS. The van der Waals surface area contributed by atoms with E-state index in [1.807, 2.05) is 6.07 Å².